The standard InChI is InChI=1S/C13H20N4O4/c1-13(2)10(19)17(12(21)16-13)7-9(18)15-11(20)14-8-5-3-4-6-8/h8H,3-7H2,1-2H3,(H,16,21)(H2,14,15,18,20). The first-order valence-electron chi connectivity index (χ1n) is 7.04. The molecule has 1 aliphatic heterocycles. The first-order chi connectivity index (χ1) is 9.79. The van der Waals surface area contributed by atoms with E-state index in [1.54, 1.807) is 13.8 Å². The van der Waals surface area contributed by atoms with E-state index in [-0.39, 0.29) is 6.04 Å². The van der Waals surface area contributed by atoms with Crippen LogP contribution in [0.4, 0.5) is 9.59 Å². The van der Waals surface area contributed by atoms with Crippen molar-refractivity contribution < 1.29 is 19.2 Å². The zero-order valence-electron chi connectivity index (χ0n) is 12.2. The van der Waals surface area contributed by atoms with E-state index in [4.69, 9.17) is 0 Å². The molecule has 116 valence electrons. The minimum atomic E-state index is -1.02. The van der Waals surface area contributed by atoms with Crippen LogP contribution in [0.15, 0.2) is 0 Å². The van der Waals surface area contributed by atoms with Crippen molar-refractivity contribution in [1.82, 2.24) is 20.9 Å². The van der Waals surface area contributed by atoms with Gasteiger partial charge in [0.15, 0.2) is 0 Å². The van der Waals surface area contributed by atoms with Gasteiger partial charge in [0, 0.05) is 6.04 Å². The van der Waals surface area contributed by atoms with Crippen molar-refractivity contribution in [3.8, 4) is 0 Å². The molecule has 6 amide bonds. The molecule has 0 radical (unpaired) electrons. The average molecular weight is 296 g/mol. The third-order valence-electron chi connectivity index (χ3n) is 3.69. The van der Waals surface area contributed by atoms with E-state index in [0.29, 0.717) is 0 Å². The topological polar surface area (TPSA) is 108 Å². The van der Waals surface area contributed by atoms with E-state index in [1.807, 2.05) is 0 Å². The highest BCUT2D eigenvalue weighted by molar-refractivity contribution is 6.09. The Hall–Kier alpha value is -2.12. The molecule has 3 N–H and O–H groups in total. The lowest BCUT2D eigenvalue weighted by Crippen LogP contribution is -2.48. The Morgan fingerprint density at radius 1 is 1.29 bits per heavy atom. The number of rotatable bonds is 3. The monoisotopic (exact) mass is 296 g/mol. The molecule has 1 aliphatic carbocycles. The Balaban J connectivity index is 1.83. The smallest absolute Gasteiger partial charge is 0.325 e. The summed E-state index contributed by atoms with van der Waals surface area (Å²) in [4.78, 5) is 47.7. The number of nitrogens with zero attached hydrogens (tertiary/aromatic N) is 1. The summed E-state index contributed by atoms with van der Waals surface area (Å²) in [5.41, 5.74) is -1.02. The van der Waals surface area contributed by atoms with Crippen LogP contribution in [0.1, 0.15) is 39.5 Å². The van der Waals surface area contributed by atoms with Gasteiger partial charge in [-0.3, -0.25) is 19.8 Å². The predicted molar refractivity (Wildman–Crippen MR) is 73.3 cm³/mol. The van der Waals surface area contributed by atoms with Gasteiger partial charge in [-0.05, 0) is 26.7 Å². The minimum absolute atomic E-state index is 0.0912. The fourth-order valence-corrected chi connectivity index (χ4v) is 2.56. The zero-order chi connectivity index (χ0) is 15.6. The molecule has 1 heterocycles. The summed E-state index contributed by atoms with van der Waals surface area (Å²) in [6, 6.07) is -1.12. The van der Waals surface area contributed by atoms with E-state index in [9.17, 15) is 19.2 Å². The van der Waals surface area contributed by atoms with Gasteiger partial charge in [-0.25, -0.2) is 9.59 Å². The van der Waals surface area contributed by atoms with Crippen molar-refractivity contribution in [3.63, 3.8) is 0 Å². The maximum atomic E-state index is 11.9. The molecule has 1 saturated carbocycles. The zero-order valence-corrected chi connectivity index (χ0v) is 12.2. The fraction of sp³-hybridized carbons (Fsp3) is 0.692. The quantitative estimate of drug-likeness (QED) is 0.641. The van der Waals surface area contributed by atoms with Gasteiger partial charge in [-0.1, -0.05) is 12.8 Å². The average Bonchev–Trinajstić information content (AvgIpc) is 2.92. The maximum Gasteiger partial charge on any atom is 0.325 e. The molecular weight excluding hydrogens is 276 g/mol. The van der Waals surface area contributed by atoms with Gasteiger partial charge in [0.2, 0.25) is 5.91 Å². The van der Waals surface area contributed by atoms with Gasteiger partial charge in [0.1, 0.15) is 12.1 Å². The van der Waals surface area contributed by atoms with Crippen molar-refractivity contribution in [3.05, 3.63) is 0 Å². The number of hydrogen-bond acceptors (Lipinski definition) is 4. The number of carbonyl (C=O) groups is 4. The normalized spacial score (nSPS) is 21.3. The number of hydrogen-bond donors (Lipinski definition) is 3. The third kappa shape index (κ3) is 3.50. The summed E-state index contributed by atoms with van der Waals surface area (Å²) in [7, 11) is 0. The largest absolute Gasteiger partial charge is 0.335 e. The Labute approximate surface area is 122 Å². The van der Waals surface area contributed by atoms with Gasteiger partial charge in [-0.15, -0.1) is 0 Å². The highest BCUT2D eigenvalue weighted by Gasteiger charge is 2.44. The van der Waals surface area contributed by atoms with E-state index >= 15 is 0 Å². The molecule has 2 rings (SSSR count). The second-order valence-electron chi connectivity index (χ2n) is 5.95. The van der Waals surface area contributed by atoms with Gasteiger partial charge in [0.05, 0.1) is 0 Å². The van der Waals surface area contributed by atoms with Crippen LogP contribution < -0.4 is 16.0 Å². The predicted octanol–water partition coefficient (Wildman–Crippen LogP) is 0.0852. The molecule has 8 nitrogen and oxygen atoms in total. The maximum absolute atomic E-state index is 11.9. The summed E-state index contributed by atoms with van der Waals surface area (Å²) in [6.45, 7) is 2.64. The van der Waals surface area contributed by atoms with Crippen molar-refractivity contribution in [2.45, 2.75) is 51.1 Å². The molecule has 1 saturated heterocycles. The molecule has 0 aromatic rings. The fourth-order valence-electron chi connectivity index (χ4n) is 2.56. The first kappa shape index (κ1) is 15.3. The molecule has 8 heteroatoms. The molecule has 0 bridgehead atoms. The van der Waals surface area contributed by atoms with Crippen LogP contribution in [-0.2, 0) is 9.59 Å². The Morgan fingerprint density at radius 3 is 2.43 bits per heavy atom. The number of urea groups is 2. The van der Waals surface area contributed by atoms with Crippen LogP contribution in [0.2, 0.25) is 0 Å². The molecule has 0 unspecified atom stereocenters. The Kier molecular flexibility index (Phi) is 4.15. The molecule has 2 aliphatic rings. The van der Waals surface area contributed by atoms with Crippen molar-refractivity contribution in [2.75, 3.05) is 6.54 Å². The van der Waals surface area contributed by atoms with Crippen LogP contribution in [0, 0.1) is 0 Å². The molecule has 0 atom stereocenters. The molecular formula is C13H20N4O4. The Bertz CT molecular complexity index is 483. The van der Waals surface area contributed by atoms with Crippen molar-refractivity contribution >= 4 is 23.9 Å². The highest BCUT2D eigenvalue weighted by Crippen LogP contribution is 2.17. The van der Waals surface area contributed by atoms with Gasteiger partial charge < -0.3 is 10.6 Å². The van der Waals surface area contributed by atoms with Gasteiger partial charge in [0.25, 0.3) is 5.91 Å². The SMILES string of the molecule is CC1(C)NC(=O)N(CC(=O)NC(=O)NC2CCCC2)C1=O. The lowest BCUT2D eigenvalue weighted by atomic mass is 10.1. The molecule has 0 aromatic carbocycles. The summed E-state index contributed by atoms with van der Waals surface area (Å²) >= 11 is 0. The van der Waals surface area contributed by atoms with Gasteiger partial charge >= 0.3 is 12.1 Å². The van der Waals surface area contributed by atoms with E-state index in [2.05, 4.69) is 16.0 Å². The molecule has 0 spiro atoms. The summed E-state index contributed by atoms with van der Waals surface area (Å²) in [5.74, 6) is -1.18. The number of amides is 6. The lowest BCUT2D eigenvalue weighted by molar-refractivity contribution is -0.133. The van der Waals surface area contributed by atoms with Crippen molar-refractivity contribution in [2.24, 2.45) is 0 Å². The van der Waals surface area contributed by atoms with Crippen LogP contribution in [-0.4, -0.2) is 46.9 Å². The van der Waals surface area contributed by atoms with Crippen LogP contribution >= 0.6 is 0 Å². The summed E-state index contributed by atoms with van der Waals surface area (Å²) in [5, 5.41) is 7.31. The second kappa shape index (κ2) is 5.71. The van der Waals surface area contributed by atoms with E-state index < -0.39 is 36.0 Å². The lowest BCUT2D eigenvalue weighted by Gasteiger charge is -2.16. The first-order valence-corrected chi connectivity index (χ1v) is 7.04. The Morgan fingerprint density at radius 2 is 1.90 bits per heavy atom. The van der Waals surface area contributed by atoms with Crippen LogP contribution in [0.5, 0.6) is 0 Å². The summed E-state index contributed by atoms with van der Waals surface area (Å²) in [6.07, 6.45) is 3.94. The minimum Gasteiger partial charge on any atom is -0.335 e. The van der Waals surface area contributed by atoms with Crippen LogP contribution in [0.25, 0.3) is 0 Å². The van der Waals surface area contributed by atoms with E-state index in [0.717, 1.165) is 30.6 Å². The van der Waals surface area contributed by atoms with Crippen LogP contribution in [0.3, 0.4) is 0 Å². The van der Waals surface area contributed by atoms with Gasteiger partial charge in [-0.2, -0.15) is 0 Å². The third-order valence-corrected chi connectivity index (χ3v) is 3.69. The highest BCUT2D eigenvalue weighted by atomic mass is 16.2. The molecule has 21 heavy (non-hydrogen) atoms. The molecule has 0 aromatic heterocycles. The molecule has 2 fully saturated rings. The second-order valence-corrected chi connectivity index (χ2v) is 5.95. The van der Waals surface area contributed by atoms with E-state index in [1.165, 1.54) is 0 Å². The number of imide groups is 2. The number of nitrogens with one attached hydrogen (secondary N) is 3. The summed E-state index contributed by atoms with van der Waals surface area (Å²) < 4.78 is 0. The van der Waals surface area contributed by atoms with Crippen molar-refractivity contribution in [1.29, 1.82) is 0 Å². The number of carbonyl (C=O) groups excluding carboxylic acids is 4.